The van der Waals surface area contributed by atoms with E-state index in [1.165, 1.54) is 32.2 Å². The minimum atomic E-state index is 0.319. The van der Waals surface area contributed by atoms with Crippen molar-refractivity contribution >= 4 is 5.91 Å². The molecule has 0 saturated heterocycles. The first-order valence-corrected chi connectivity index (χ1v) is 8.39. The first-order valence-electron chi connectivity index (χ1n) is 8.39. The molecule has 0 aromatic heterocycles. The third-order valence-electron chi connectivity index (χ3n) is 3.92. The van der Waals surface area contributed by atoms with Crippen LogP contribution in [0.15, 0.2) is 0 Å². The third-order valence-corrected chi connectivity index (χ3v) is 3.92. The van der Waals surface area contributed by atoms with Gasteiger partial charge in [-0.05, 0) is 51.7 Å². The predicted octanol–water partition coefficient (Wildman–Crippen LogP) is 3.78. The number of carbonyl (C=O) groups excluding carboxylic acids is 1. The molecular formula is C17H36N2O. The molecule has 0 N–H and O–H groups in total. The summed E-state index contributed by atoms with van der Waals surface area (Å²) in [6.45, 7) is 9.88. The van der Waals surface area contributed by atoms with Crippen LogP contribution >= 0.6 is 0 Å². The molecule has 0 aromatic rings. The van der Waals surface area contributed by atoms with E-state index in [1.807, 2.05) is 11.9 Å². The van der Waals surface area contributed by atoms with Gasteiger partial charge in [-0.3, -0.25) is 4.79 Å². The van der Waals surface area contributed by atoms with Gasteiger partial charge >= 0.3 is 0 Å². The summed E-state index contributed by atoms with van der Waals surface area (Å²) in [5, 5.41) is 0. The Bertz CT molecular complexity index is 241. The van der Waals surface area contributed by atoms with Gasteiger partial charge in [0, 0.05) is 20.0 Å². The second-order valence-corrected chi connectivity index (χ2v) is 6.41. The van der Waals surface area contributed by atoms with E-state index in [-0.39, 0.29) is 0 Å². The van der Waals surface area contributed by atoms with Crippen LogP contribution in [0.3, 0.4) is 0 Å². The molecule has 0 saturated carbocycles. The van der Waals surface area contributed by atoms with Crippen LogP contribution in [0.5, 0.6) is 0 Å². The Morgan fingerprint density at radius 3 is 2.20 bits per heavy atom. The number of unbranched alkanes of at least 4 members (excludes halogenated alkanes) is 3. The molecule has 0 rings (SSSR count). The molecule has 3 heteroatoms. The van der Waals surface area contributed by atoms with Crippen LogP contribution in [0.25, 0.3) is 0 Å². The second-order valence-electron chi connectivity index (χ2n) is 6.41. The van der Waals surface area contributed by atoms with E-state index in [0.29, 0.717) is 5.91 Å². The maximum absolute atomic E-state index is 11.9. The average Bonchev–Trinajstić information content (AvgIpc) is 2.41. The summed E-state index contributed by atoms with van der Waals surface area (Å²) in [7, 11) is 4.11. The van der Waals surface area contributed by atoms with Crippen LogP contribution < -0.4 is 0 Å². The Hall–Kier alpha value is -0.570. The van der Waals surface area contributed by atoms with E-state index in [0.717, 1.165) is 38.3 Å². The first kappa shape index (κ1) is 19.4. The molecule has 0 aromatic carbocycles. The van der Waals surface area contributed by atoms with E-state index in [4.69, 9.17) is 0 Å². The predicted molar refractivity (Wildman–Crippen MR) is 88.0 cm³/mol. The number of carbonyl (C=O) groups is 1. The zero-order valence-electron chi connectivity index (χ0n) is 14.5. The molecule has 3 nitrogen and oxygen atoms in total. The minimum absolute atomic E-state index is 0.319. The summed E-state index contributed by atoms with van der Waals surface area (Å²) >= 11 is 0. The van der Waals surface area contributed by atoms with Crippen LogP contribution in [0, 0.1) is 5.92 Å². The summed E-state index contributed by atoms with van der Waals surface area (Å²) in [6.07, 6.45) is 7.79. The fraction of sp³-hybridized carbons (Fsp3) is 0.941. The van der Waals surface area contributed by atoms with Gasteiger partial charge in [0.2, 0.25) is 5.91 Å². The van der Waals surface area contributed by atoms with Crippen molar-refractivity contribution in [2.45, 2.75) is 65.7 Å². The highest BCUT2D eigenvalue weighted by molar-refractivity contribution is 5.75. The molecule has 0 bridgehead atoms. The molecule has 0 aliphatic carbocycles. The second kappa shape index (κ2) is 12.2. The van der Waals surface area contributed by atoms with E-state index in [9.17, 15) is 4.79 Å². The Morgan fingerprint density at radius 1 is 0.950 bits per heavy atom. The van der Waals surface area contributed by atoms with Gasteiger partial charge in [0.1, 0.15) is 0 Å². The lowest BCUT2D eigenvalue weighted by atomic mass is 10.1. The van der Waals surface area contributed by atoms with Gasteiger partial charge in [0.15, 0.2) is 0 Å². The average molecular weight is 284 g/mol. The Labute approximate surface area is 126 Å². The summed E-state index contributed by atoms with van der Waals surface area (Å²) in [4.78, 5) is 16.2. The zero-order valence-corrected chi connectivity index (χ0v) is 14.5. The molecule has 0 atom stereocenters. The summed E-state index contributed by atoms with van der Waals surface area (Å²) < 4.78 is 0. The van der Waals surface area contributed by atoms with Crippen LogP contribution in [-0.4, -0.2) is 49.4 Å². The first-order chi connectivity index (χ1) is 9.47. The molecule has 0 aliphatic heterocycles. The molecular weight excluding hydrogens is 248 g/mol. The van der Waals surface area contributed by atoms with Crippen molar-refractivity contribution in [2.75, 3.05) is 33.7 Å². The van der Waals surface area contributed by atoms with Crippen molar-refractivity contribution in [2.24, 2.45) is 5.92 Å². The largest absolute Gasteiger partial charge is 0.346 e. The van der Waals surface area contributed by atoms with E-state index < -0.39 is 0 Å². The van der Waals surface area contributed by atoms with Gasteiger partial charge in [-0.25, -0.2) is 0 Å². The van der Waals surface area contributed by atoms with Gasteiger partial charge in [-0.15, -0.1) is 0 Å². The number of hydrogen-bond acceptors (Lipinski definition) is 2. The lowest BCUT2D eigenvalue weighted by Crippen LogP contribution is -2.27. The smallest absolute Gasteiger partial charge is 0.222 e. The SMILES string of the molecule is CCN(C)CCCCCCC(=O)N(C)CCCC(C)C. The molecule has 0 radical (unpaired) electrons. The van der Waals surface area contributed by atoms with Gasteiger partial charge in [-0.2, -0.15) is 0 Å². The highest BCUT2D eigenvalue weighted by Crippen LogP contribution is 2.08. The van der Waals surface area contributed by atoms with Crippen molar-refractivity contribution in [1.29, 1.82) is 0 Å². The molecule has 120 valence electrons. The van der Waals surface area contributed by atoms with Crippen LogP contribution in [0.4, 0.5) is 0 Å². The van der Waals surface area contributed by atoms with E-state index in [1.54, 1.807) is 0 Å². The fourth-order valence-electron chi connectivity index (χ4n) is 2.22. The van der Waals surface area contributed by atoms with Crippen molar-refractivity contribution in [1.82, 2.24) is 9.80 Å². The highest BCUT2D eigenvalue weighted by Gasteiger charge is 2.08. The molecule has 1 amide bonds. The van der Waals surface area contributed by atoms with Gasteiger partial charge in [0.25, 0.3) is 0 Å². The highest BCUT2D eigenvalue weighted by atomic mass is 16.2. The lowest BCUT2D eigenvalue weighted by Gasteiger charge is -2.17. The van der Waals surface area contributed by atoms with Crippen molar-refractivity contribution < 1.29 is 4.79 Å². The number of nitrogens with zero attached hydrogens (tertiary/aromatic N) is 2. The standard InChI is InChI=1S/C17H36N2O/c1-6-18(4)14-10-8-7-9-13-17(20)19(5)15-11-12-16(2)3/h16H,6-15H2,1-5H3. The number of amides is 1. The Morgan fingerprint density at radius 2 is 1.60 bits per heavy atom. The van der Waals surface area contributed by atoms with Gasteiger partial charge in [-0.1, -0.05) is 33.6 Å². The molecule has 20 heavy (non-hydrogen) atoms. The van der Waals surface area contributed by atoms with Gasteiger partial charge in [0.05, 0.1) is 0 Å². The Balaban J connectivity index is 3.47. The topological polar surface area (TPSA) is 23.6 Å². The third kappa shape index (κ3) is 11.3. The van der Waals surface area contributed by atoms with E-state index in [2.05, 4.69) is 32.7 Å². The van der Waals surface area contributed by atoms with Crippen molar-refractivity contribution in [3.63, 3.8) is 0 Å². The van der Waals surface area contributed by atoms with Crippen molar-refractivity contribution in [3.8, 4) is 0 Å². The minimum Gasteiger partial charge on any atom is -0.346 e. The summed E-state index contributed by atoms with van der Waals surface area (Å²) in [6, 6.07) is 0. The number of rotatable bonds is 12. The monoisotopic (exact) mass is 284 g/mol. The number of hydrogen-bond donors (Lipinski definition) is 0. The molecule has 0 unspecified atom stereocenters. The maximum atomic E-state index is 11.9. The zero-order chi connectivity index (χ0) is 15.4. The van der Waals surface area contributed by atoms with Crippen LogP contribution in [-0.2, 0) is 4.79 Å². The fourth-order valence-corrected chi connectivity index (χ4v) is 2.22. The lowest BCUT2D eigenvalue weighted by molar-refractivity contribution is -0.130. The molecule has 0 heterocycles. The normalized spacial score (nSPS) is 11.3. The van der Waals surface area contributed by atoms with Crippen LogP contribution in [0.2, 0.25) is 0 Å². The Kier molecular flexibility index (Phi) is 11.8. The quantitative estimate of drug-likeness (QED) is 0.509. The molecule has 0 fully saturated rings. The molecule has 0 aliphatic rings. The summed E-state index contributed by atoms with van der Waals surface area (Å²) in [5.41, 5.74) is 0. The summed E-state index contributed by atoms with van der Waals surface area (Å²) in [5.74, 6) is 1.05. The van der Waals surface area contributed by atoms with E-state index >= 15 is 0 Å². The molecule has 0 spiro atoms. The van der Waals surface area contributed by atoms with Crippen LogP contribution in [0.1, 0.15) is 65.7 Å². The van der Waals surface area contributed by atoms with Crippen molar-refractivity contribution in [3.05, 3.63) is 0 Å². The van der Waals surface area contributed by atoms with Gasteiger partial charge < -0.3 is 9.80 Å². The maximum Gasteiger partial charge on any atom is 0.222 e.